The molecule has 0 saturated heterocycles. The quantitative estimate of drug-likeness (QED) is 0.785. The second-order valence-corrected chi connectivity index (χ2v) is 9.28. The zero-order chi connectivity index (χ0) is 18.7. The van der Waals surface area contributed by atoms with Crippen molar-refractivity contribution in [3.05, 3.63) is 59.7 Å². The lowest BCUT2D eigenvalue weighted by molar-refractivity contribution is 0.0951. The molecule has 0 radical (unpaired) electrons. The minimum atomic E-state index is -3.44. The van der Waals surface area contributed by atoms with Gasteiger partial charge in [0.1, 0.15) is 0 Å². The highest BCUT2D eigenvalue weighted by atomic mass is 32.2. The number of nitrogens with one attached hydrogen (secondary N) is 2. The summed E-state index contributed by atoms with van der Waals surface area (Å²) in [6.45, 7) is 0.0840. The number of sulfonamides is 1. The summed E-state index contributed by atoms with van der Waals surface area (Å²) < 4.78 is 48.3. The zero-order valence-corrected chi connectivity index (χ0v) is 15.3. The molecular formula is C16H18N2O5S2. The van der Waals surface area contributed by atoms with E-state index in [0.717, 1.165) is 12.5 Å². The smallest absolute Gasteiger partial charge is 0.251 e. The van der Waals surface area contributed by atoms with E-state index in [1.807, 2.05) is 0 Å². The fourth-order valence-corrected chi connectivity index (χ4v) is 3.38. The molecule has 0 unspecified atom stereocenters. The van der Waals surface area contributed by atoms with E-state index in [0.29, 0.717) is 11.3 Å². The molecular weight excluding hydrogens is 364 g/mol. The fraction of sp³-hybridized carbons (Fsp3) is 0.188. The van der Waals surface area contributed by atoms with Crippen molar-refractivity contribution in [3.63, 3.8) is 0 Å². The number of benzene rings is 2. The van der Waals surface area contributed by atoms with Gasteiger partial charge >= 0.3 is 0 Å². The van der Waals surface area contributed by atoms with Crippen LogP contribution in [0.4, 0.5) is 5.69 Å². The second kappa shape index (κ2) is 7.24. The lowest BCUT2D eigenvalue weighted by atomic mass is 10.1. The minimum absolute atomic E-state index is 0.0549. The van der Waals surface area contributed by atoms with E-state index in [1.165, 1.54) is 24.3 Å². The summed E-state index contributed by atoms with van der Waals surface area (Å²) in [5.41, 5.74) is 1.16. The van der Waals surface area contributed by atoms with Crippen LogP contribution in [0, 0.1) is 0 Å². The Morgan fingerprint density at radius 1 is 0.960 bits per heavy atom. The van der Waals surface area contributed by atoms with Crippen molar-refractivity contribution in [2.45, 2.75) is 11.4 Å². The van der Waals surface area contributed by atoms with Crippen molar-refractivity contribution in [1.82, 2.24) is 5.32 Å². The summed E-state index contributed by atoms with van der Waals surface area (Å²) in [6, 6.07) is 12.4. The SMILES string of the molecule is CS(=O)(=O)Nc1ccccc1CNC(=O)c1cccc(S(C)(=O)=O)c1. The van der Waals surface area contributed by atoms with E-state index in [9.17, 15) is 21.6 Å². The van der Waals surface area contributed by atoms with Crippen LogP contribution < -0.4 is 10.0 Å². The molecule has 0 aliphatic carbocycles. The molecule has 0 atom stereocenters. The van der Waals surface area contributed by atoms with E-state index in [2.05, 4.69) is 10.0 Å². The highest BCUT2D eigenvalue weighted by Gasteiger charge is 2.13. The number of sulfone groups is 1. The molecule has 0 heterocycles. The first-order valence-corrected chi connectivity index (χ1v) is 11.0. The maximum Gasteiger partial charge on any atom is 0.251 e. The van der Waals surface area contributed by atoms with Gasteiger partial charge in [0.05, 0.1) is 16.8 Å². The van der Waals surface area contributed by atoms with Crippen LogP contribution >= 0.6 is 0 Å². The van der Waals surface area contributed by atoms with Gasteiger partial charge in [0.15, 0.2) is 9.84 Å². The van der Waals surface area contributed by atoms with Gasteiger partial charge in [-0.25, -0.2) is 16.8 Å². The molecule has 9 heteroatoms. The van der Waals surface area contributed by atoms with Crippen LogP contribution in [-0.2, 0) is 26.4 Å². The molecule has 0 aromatic heterocycles. The molecule has 0 saturated carbocycles. The van der Waals surface area contributed by atoms with Gasteiger partial charge in [0.2, 0.25) is 10.0 Å². The van der Waals surface area contributed by atoms with Crippen LogP contribution in [0.25, 0.3) is 0 Å². The van der Waals surface area contributed by atoms with Crippen molar-refractivity contribution in [3.8, 4) is 0 Å². The van der Waals surface area contributed by atoms with Gasteiger partial charge in [-0.2, -0.15) is 0 Å². The van der Waals surface area contributed by atoms with Gasteiger partial charge < -0.3 is 5.32 Å². The Morgan fingerprint density at radius 2 is 1.64 bits per heavy atom. The number of carbonyl (C=O) groups excluding carboxylic acids is 1. The van der Waals surface area contributed by atoms with Crippen LogP contribution in [0.1, 0.15) is 15.9 Å². The average Bonchev–Trinajstić information content (AvgIpc) is 2.51. The molecule has 0 aliphatic rings. The lowest BCUT2D eigenvalue weighted by Gasteiger charge is -2.12. The van der Waals surface area contributed by atoms with Gasteiger partial charge in [0, 0.05) is 18.4 Å². The summed E-state index contributed by atoms with van der Waals surface area (Å²) >= 11 is 0. The maximum atomic E-state index is 12.2. The minimum Gasteiger partial charge on any atom is -0.348 e. The molecule has 0 fully saturated rings. The molecule has 2 aromatic rings. The largest absolute Gasteiger partial charge is 0.348 e. The summed E-state index contributed by atoms with van der Waals surface area (Å²) in [5, 5.41) is 2.65. The van der Waals surface area contributed by atoms with Crippen LogP contribution in [0.2, 0.25) is 0 Å². The molecule has 134 valence electrons. The van der Waals surface area contributed by atoms with Crippen LogP contribution in [0.3, 0.4) is 0 Å². The molecule has 1 amide bonds. The van der Waals surface area contributed by atoms with E-state index in [4.69, 9.17) is 0 Å². The average molecular weight is 382 g/mol. The summed E-state index contributed by atoms with van der Waals surface area (Å²) in [6.07, 6.45) is 2.11. The van der Waals surface area contributed by atoms with Crippen LogP contribution in [-0.4, -0.2) is 35.3 Å². The van der Waals surface area contributed by atoms with Crippen molar-refractivity contribution < 1.29 is 21.6 Å². The Labute approximate surface area is 147 Å². The lowest BCUT2D eigenvalue weighted by Crippen LogP contribution is -2.24. The summed E-state index contributed by atoms with van der Waals surface area (Å²) in [7, 11) is -6.85. The number of rotatable bonds is 6. The van der Waals surface area contributed by atoms with Crippen LogP contribution in [0.5, 0.6) is 0 Å². The number of hydrogen-bond acceptors (Lipinski definition) is 5. The predicted octanol–water partition coefficient (Wildman–Crippen LogP) is 1.39. The van der Waals surface area contributed by atoms with Crippen molar-refractivity contribution in [1.29, 1.82) is 0 Å². The van der Waals surface area contributed by atoms with Gasteiger partial charge in [-0.05, 0) is 29.8 Å². The highest BCUT2D eigenvalue weighted by Crippen LogP contribution is 2.16. The predicted molar refractivity (Wildman–Crippen MR) is 95.6 cm³/mol. The first-order valence-electron chi connectivity index (χ1n) is 7.20. The number of para-hydroxylation sites is 1. The molecule has 25 heavy (non-hydrogen) atoms. The van der Waals surface area contributed by atoms with Gasteiger partial charge in [0.25, 0.3) is 5.91 Å². The molecule has 2 aromatic carbocycles. The van der Waals surface area contributed by atoms with Gasteiger partial charge in [-0.3, -0.25) is 9.52 Å². The van der Waals surface area contributed by atoms with E-state index in [1.54, 1.807) is 24.3 Å². The van der Waals surface area contributed by atoms with Crippen molar-refractivity contribution in [2.24, 2.45) is 0 Å². The van der Waals surface area contributed by atoms with E-state index < -0.39 is 25.8 Å². The third-order valence-corrected chi connectivity index (χ3v) is 4.98. The Morgan fingerprint density at radius 3 is 2.28 bits per heavy atom. The Hall–Kier alpha value is -2.39. The Bertz CT molecular complexity index is 999. The first kappa shape index (κ1) is 18.9. The van der Waals surface area contributed by atoms with E-state index in [-0.39, 0.29) is 17.0 Å². The molecule has 0 bridgehead atoms. The normalized spacial score (nSPS) is 11.8. The van der Waals surface area contributed by atoms with Gasteiger partial charge in [-0.15, -0.1) is 0 Å². The first-order chi connectivity index (χ1) is 11.6. The Balaban J connectivity index is 2.16. The summed E-state index contributed by atoms with van der Waals surface area (Å²) in [5.74, 6) is -0.459. The monoisotopic (exact) mass is 382 g/mol. The third kappa shape index (κ3) is 5.57. The second-order valence-electron chi connectivity index (χ2n) is 5.51. The van der Waals surface area contributed by atoms with E-state index >= 15 is 0 Å². The van der Waals surface area contributed by atoms with Crippen LogP contribution in [0.15, 0.2) is 53.4 Å². The topological polar surface area (TPSA) is 109 Å². The molecule has 0 spiro atoms. The zero-order valence-electron chi connectivity index (χ0n) is 13.7. The molecule has 7 nitrogen and oxygen atoms in total. The molecule has 0 aliphatic heterocycles. The fourth-order valence-electron chi connectivity index (χ4n) is 2.12. The molecule has 2 N–H and O–H groups in total. The standard InChI is InChI=1S/C16H18N2O5S2/c1-24(20,21)14-8-5-7-12(10-14)16(19)17-11-13-6-3-4-9-15(13)18-25(2,22)23/h3-10,18H,11H2,1-2H3,(H,17,19). The third-order valence-electron chi connectivity index (χ3n) is 3.28. The number of anilines is 1. The van der Waals surface area contributed by atoms with Gasteiger partial charge in [-0.1, -0.05) is 24.3 Å². The number of amides is 1. The van der Waals surface area contributed by atoms with Crippen molar-refractivity contribution in [2.75, 3.05) is 17.2 Å². The number of hydrogen-bond donors (Lipinski definition) is 2. The maximum absolute atomic E-state index is 12.2. The molecule has 2 rings (SSSR count). The summed E-state index contributed by atoms with van der Waals surface area (Å²) in [4.78, 5) is 12.3. The highest BCUT2D eigenvalue weighted by molar-refractivity contribution is 7.92. The Kier molecular flexibility index (Phi) is 5.48. The number of carbonyl (C=O) groups is 1. The van der Waals surface area contributed by atoms with Crippen molar-refractivity contribution >= 4 is 31.5 Å².